The van der Waals surface area contributed by atoms with Crippen LogP contribution in [0.25, 0.3) is 0 Å². The number of nitro benzene ring substituents is 1. The Hall–Kier alpha value is -2.40. The Kier molecular flexibility index (Phi) is 7.94. The molecule has 1 aliphatic carbocycles. The molecule has 0 radical (unpaired) electrons. The van der Waals surface area contributed by atoms with Crippen LogP contribution in [0.3, 0.4) is 0 Å². The number of nitro groups is 1. The maximum atomic E-state index is 12.8. The van der Waals surface area contributed by atoms with E-state index in [0.29, 0.717) is 45.0 Å². The largest absolute Gasteiger partial charge is 0.362 e. The molecule has 1 heterocycles. The van der Waals surface area contributed by atoms with E-state index < -0.39 is 14.9 Å². The number of piperazine rings is 1. The predicted octanol–water partition coefficient (Wildman–Crippen LogP) is 2.79. The van der Waals surface area contributed by atoms with Gasteiger partial charge in [0.15, 0.2) is 0 Å². The molecule has 0 aromatic heterocycles. The quantitative estimate of drug-likeness (QED) is 0.487. The van der Waals surface area contributed by atoms with Crippen molar-refractivity contribution in [3.63, 3.8) is 0 Å². The molecule has 1 aromatic rings. The van der Waals surface area contributed by atoms with Gasteiger partial charge in [-0.1, -0.05) is 33.1 Å². The Bertz CT molecular complexity index is 921. The van der Waals surface area contributed by atoms with Crippen molar-refractivity contribution < 1.29 is 18.1 Å². The van der Waals surface area contributed by atoms with Gasteiger partial charge in [0.25, 0.3) is 5.69 Å². The van der Waals surface area contributed by atoms with Crippen molar-refractivity contribution >= 4 is 27.4 Å². The highest BCUT2D eigenvalue weighted by molar-refractivity contribution is 7.89. The molecule has 32 heavy (non-hydrogen) atoms. The molecule has 1 saturated carbocycles. The number of benzene rings is 1. The number of urea groups is 1. The van der Waals surface area contributed by atoms with Gasteiger partial charge in [-0.2, -0.15) is 4.31 Å². The summed E-state index contributed by atoms with van der Waals surface area (Å²) >= 11 is 0. The Morgan fingerprint density at radius 2 is 1.75 bits per heavy atom. The normalized spacial score (nSPS) is 18.1. The molecule has 0 unspecified atom stereocenters. The average Bonchev–Trinajstić information content (AvgIpc) is 2.80. The zero-order chi connectivity index (χ0) is 23.3. The van der Waals surface area contributed by atoms with E-state index in [2.05, 4.69) is 5.32 Å². The fourth-order valence-corrected chi connectivity index (χ4v) is 5.93. The first kappa shape index (κ1) is 24.2. The molecule has 3 rings (SSSR count). The van der Waals surface area contributed by atoms with Crippen LogP contribution in [0.4, 0.5) is 16.2 Å². The van der Waals surface area contributed by atoms with Gasteiger partial charge in [-0.25, -0.2) is 13.2 Å². The lowest BCUT2D eigenvalue weighted by atomic mass is 9.96. The lowest BCUT2D eigenvalue weighted by molar-refractivity contribution is -0.384. The minimum atomic E-state index is -3.79. The minimum absolute atomic E-state index is 0.0771. The van der Waals surface area contributed by atoms with Gasteiger partial charge in [0.1, 0.15) is 5.69 Å². The summed E-state index contributed by atoms with van der Waals surface area (Å²) in [5.41, 5.74) is 0.138. The van der Waals surface area contributed by atoms with Gasteiger partial charge in [-0.3, -0.25) is 10.1 Å². The lowest BCUT2D eigenvalue weighted by Gasteiger charge is -2.37. The van der Waals surface area contributed by atoms with Crippen molar-refractivity contribution in [1.29, 1.82) is 0 Å². The fraction of sp³-hybridized carbons (Fsp3) is 0.667. The molecule has 1 aliphatic heterocycles. The second-order valence-electron chi connectivity index (χ2n) is 8.26. The molecule has 2 fully saturated rings. The number of hydrogen-bond donors (Lipinski definition) is 1. The van der Waals surface area contributed by atoms with Crippen molar-refractivity contribution in [3.05, 3.63) is 28.3 Å². The number of rotatable bonds is 7. The number of amides is 2. The van der Waals surface area contributed by atoms with Gasteiger partial charge < -0.3 is 15.1 Å². The van der Waals surface area contributed by atoms with Gasteiger partial charge in [-0.05, 0) is 25.0 Å². The summed E-state index contributed by atoms with van der Waals surface area (Å²) in [4.78, 5) is 27.3. The van der Waals surface area contributed by atoms with Gasteiger partial charge in [-0.15, -0.1) is 0 Å². The van der Waals surface area contributed by atoms with Crippen molar-refractivity contribution in [2.75, 3.05) is 44.2 Å². The molecule has 0 spiro atoms. The summed E-state index contributed by atoms with van der Waals surface area (Å²) < 4.78 is 26.8. The second-order valence-corrected chi connectivity index (χ2v) is 10.2. The first-order valence-electron chi connectivity index (χ1n) is 11.4. The second kappa shape index (κ2) is 10.5. The zero-order valence-corrected chi connectivity index (χ0v) is 19.6. The van der Waals surface area contributed by atoms with E-state index in [9.17, 15) is 23.3 Å². The Morgan fingerprint density at radius 1 is 1.12 bits per heavy atom. The molecular formula is C21H33N5O5S. The Balaban J connectivity index is 1.70. The van der Waals surface area contributed by atoms with Crippen molar-refractivity contribution in [3.8, 4) is 0 Å². The molecule has 2 amide bonds. The van der Waals surface area contributed by atoms with Crippen LogP contribution in [0, 0.1) is 10.1 Å². The van der Waals surface area contributed by atoms with E-state index in [1.54, 1.807) is 18.7 Å². The summed E-state index contributed by atoms with van der Waals surface area (Å²) in [6.07, 6.45) is 5.53. The molecule has 178 valence electrons. The van der Waals surface area contributed by atoms with Crippen LogP contribution < -0.4 is 10.2 Å². The number of nitrogens with one attached hydrogen (secondary N) is 1. The highest BCUT2D eigenvalue weighted by Gasteiger charge is 2.30. The van der Waals surface area contributed by atoms with Crippen LogP contribution >= 0.6 is 0 Å². The first-order chi connectivity index (χ1) is 15.3. The van der Waals surface area contributed by atoms with E-state index in [1.165, 1.54) is 22.9 Å². The number of carbonyl (C=O) groups excluding carboxylic acids is 1. The lowest BCUT2D eigenvalue weighted by Crippen LogP contribution is -2.53. The average molecular weight is 468 g/mol. The molecule has 2 aliphatic rings. The molecular weight excluding hydrogens is 434 g/mol. The van der Waals surface area contributed by atoms with E-state index in [-0.39, 0.29) is 22.7 Å². The fourth-order valence-electron chi connectivity index (χ4n) is 4.45. The summed E-state index contributed by atoms with van der Waals surface area (Å²) in [6.45, 7) is 5.84. The van der Waals surface area contributed by atoms with Crippen molar-refractivity contribution in [1.82, 2.24) is 14.5 Å². The Labute approximate surface area is 189 Å². The summed E-state index contributed by atoms with van der Waals surface area (Å²) in [5.74, 6) is 0. The van der Waals surface area contributed by atoms with Crippen LogP contribution in [-0.4, -0.2) is 73.9 Å². The maximum absolute atomic E-state index is 12.8. The molecule has 0 atom stereocenters. The summed E-state index contributed by atoms with van der Waals surface area (Å²) in [7, 11) is -3.79. The number of hydrogen-bond acceptors (Lipinski definition) is 6. The molecule has 1 saturated heterocycles. The van der Waals surface area contributed by atoms with Gasteiger partial charge >= 0.3 is 6.03 Å². The van der Waals surface area contributed by atoms with Crippen LogP contribution in [0.1, 0.15) is 46.0 Å². The number of carbonyl (C=O) groups is 1. The molecule has 10 nitrogen and oxygen atoms in total. The SMILES string of the molecule is CCN(CC)S(=O)(=O)c1ccc(N2CCN(C(=O)NC3CCCCC3)CC2)c([N+](=O)[O-])c1. The van der Waals surface area contributed by atoms with Crippen LogP contribution in [0.15, 0.2) is 23.1 Å². The number of sulfonamides is 1. The molecule has 1 N–H and O–H groups in total. The third-order valence-corrected chi connectivity index (χ3v) is 8.37. The topological polar surface area (TPSA) is 116 Å². The van der Waals surface area contributed by atoms with E-state index >= 15 is 0 Å². The van der Waals surface area contributed by atoms with E-state index in [0.717, 1.165) is 31.7 Å². The zero-order valence-electron chi connectivity index (χ0n) is 18.8. The highest BCUT2D eigenvalue weighted by Crippen LogP contribution is 2.32. The van der Waals surface area contributed by atoms with Crippen LogP contribution in [-0.2, 0) is 10.0 Å². The van der Waals surface area contributed by atoms with Crippen LogP contribution in [0.5, 0.6) is 0 Å². The van der Waals surface area contributed by atoms with E-state index in [1.807, 2.05) is 4.90 Å². The smallest absolute Gasteiger partial charge is 0.317 e. The van der Waals surface area contributed by atoms with Gasteiger partial charge in [0.2, 0.25) is 10.0 Å². The van der Waals surface area contributed by atoms with E-state index in [4.69, 9.17) is 0 Å². The van der Waals surface area contributed by atoms with Gasteiger partial charge in [0.05, 0.1) is 9.82 Å². The Morgan fingerprint density at radius 3 is 2.31 bits per heavy atom. The molecule has 11 heteroatoms. The third-order valence-electron chi connectivity index (χ3n) is 6.33. The third kappa shape index (κ3) is 5.32. The summed E-state index contributed by atoms with van der Waals surface area (Å²) in [6, 6.07) is 4.23. The maximum Gasteiger partial charge on any atom is 0.317 e. The minimum Gasteiger partial charge on any atom is -0.362 e. The number of anilines is 1. The van der Waals surface area contributed by atoms with Gasteiger partial charge in [0, 0.05) is 51.4 Å². The monoisotopic (exact) mass is 467 g/mol. The first-order valence-corrected chi connectivity index (χ1v) is 12.8. The number of nitrogens with zero attached hydrogens (tertiary/aromatic N) is 4. The predicted molar refractivity (Wildman–Crippen MR) is 122 cm³/mol. The summed E-state index contributed by atoms with van der Waals surface area (Å²) in [5, 5.41) is 14.8. The highest BCUT2D eigenvalue weighted by atomic mass is 32.2. The standard InChI is InChI=1S/C21H33N5O5S/c1-3-25(4-2)32(30,31)18-10-11-19(20(16-18)26(28)29)23-12-14-24(15-13-23)21(27)22-17-8-6-5-7-9-17/h10-11,16-17H,3-9,12-15H2,1-2H3,(H,22,27). The van der Waals surface area contributed by atoms with Crippen molar-refractivity contribution in [2.45, 2.75) is 56.9 Å². The molecule has 1 aromatic carbocycles. The molecule has 0 bridgehead atoms. The van der Waals surface area contributed by atoms with Crippen LogP contribution in [0.2, 0.25) is 0 Å². The van der Waals surface area contributed by atoms with Crippen molar-refractivity contribution in [2.24, 2.45) is 0 Å².